The monoisotopic (exact) mass is 329 g/mol. The summed E-state index contributed by atoms with van der Waals surface area (Å²) in [5, 5.41) is 2.88. The molecule has 4 nitrogen and oxygen atoms in total. The summed E-state index contributed by atoms with van der Waals surface area (Å²) in [7, 11) is 0. The number of aromatic nitrogens is 2. The molecule has 124 valence electrons. The maximum Gasteiger partial charge on any atom is 0.253 e. The van der Waals surface area contributed by atoms with Crippen LogP contribution in [0.1, 0.15) is 34.2 Å². The van der Waals surface area contributed by atoms with E-state index in [4.69, 9.17) is 0 Å². The predicted octanol–water partition coefficient (Wildman–Crippen LogP) is 3.92. The zero-order valence-electron chi connectivity index (χ0n) is 14.0. The van der Waals surface area contributed by atoms with Gasteiger partial charge in [-0.2, -0.15) is 0 Å². The van der Waals surface area contributed by atoms with Gasteiger partial charge in [0.25, 0.3) is 5.91 Å². The number of allylic oxidation sites excluding steroid dienone is 1. The lowest BCUT2D eigenvalue weighted by Gasteiger charge is -2.10. The number of aromatic amines is 1. The number of rotatable bonds is 3. The Labute approximate surface area is 146 Å². The molecule has 25 heavy (non-hydrogen) atoms. The Morgan fingerprint density at radius 1 is 1.16 bits per heavy atom. The highest BCUT2D eigenvalue weighted by Crippen LogP contribution is 2.25. The largest absolute Gasteiger partial charge is 0.358 e. The molecule has 4 heteroatoms. The van der Waals surface area contributed by atoms with Gasteiger partial charge in [0.1, 0.15) is 0 Å². The number of nitrogens with one attached hydrogen (secondary N) is 2. The maximum absolute atomic E-state index is 11.9. The summed E-state index contributed by atoms with van der Waals surface area (Å²) in [6.45, 7) is 2.77. The van der Waals surface area contributed by atoms with Crippen LogP contribution >= 0.6 is 0 Å². The zero-order valence-corrected chi connectivity index (χ0v) is 14.0. The van der Waals surface area contributed by atoms with Crippen LogP contribution < -0.4 is 5.32 Å². The zero-order chi connectivity index (χ0) is 17.2. The topological polar surface area (TPSA) is 57.8 Å². The van der Waals surface area contributed by atoms with E-state index in [1.165, 1.54) is 5.56 Å². The van der Waals surface area contributed by atoms with Crippen LogP contribution in [0.15, 0.2) is 54.7 Å². The SMILES string of the molecule is CC(=Cc1cc(-c2cc3c([nH]2)CCNC3=O)ccn1)c1ccccc1. The quantitative estimate of drug-likeness (QED) is 0.765. The first-order chi connectivity index (χ1) is 12.2. The van der Waals surface area contributed by atoms with Crippen molar-refractivity contribution in [2.24, 2.45) is 0 Å². The van der Waals surface area contributed by atoms with Crippen molar-refractivity contribution in [1.82, 2.24) is 15.3 Å². The van der Waals surface area contributed by atoms with E-state index < -0.39 is 0 Å². The number of H-pyrrole nitrogens is 1. The Morgan fingerprint density at radius 2 is 2.00 bits per heavy atom. The van der Waals surface area contributed by atoms with Crippen molar-refractivity contribution < 1.29 is 4.79 Å². The van der Waals surface area contributed by atoms with Gasteiger partial charge in [-0.25, -0.2) is 0 Å². The summed E-state index contributed by atoms with van der Waals surface area (Å²) in [6, 6.07) is 16.2. The van der Waals surface area contributed by atoms with Crippen LogP contribution in [0.3, 0.4) is 0 Å². The van der Waals surface area contributed by atoms with E-state index in [2.05, 4.69) is 40.4 Å². The fraction of sp³-hybridized carbons (Fsp3) is 0.143. The van der Waals surface area contributed by atoms with Crippen LogP contribution in [0.25, 0.3) is 22.9 Å². The van der Waals surface area contributed by atoms with Gasteiger partial charge in [0.2, 0.25) is 0 Å². The molecule has 1 aliphatic rings. The van der Waals surface area contributed by atoms with E-state index in [1.54, 1.807) is 6.20 Å². The Kier molecular flexibility index (Phi) is 3.94. The molecule has 0 fully saturated rings. The first-order valence-corrected chi connectivity index (χ1v) is 8.41. The standard InChI is InChI=1S/C21H19N3O/c1-14(15-5-3-2-4-6-15)11-17-12-16(7-9-22-17)20-13-18-19(24-20)8-10-23-21(18)25/h2-7,9,11-13,24H,8,10H2,1H3,(H,23,25). The molecule has 2 aromatic heterocycles. The van der Waals surface area contributed by atoms with Crippen molar-refractivity contribution in [3.63, 3.8) is 0 Å². The van der Waals surface area contributed by atoms with E-state index in [9.17, 15) is 4.79 Å². The molecule has 0 saturated heterocycles. The van der Waals surface area contributed by atoms with Gasteiger partial charge < -0.3 is 10.3 Å². The van der Waals surface area contributed by atoms with Crippen molar-refractivity contribution in [3.05, 3.63) is 77.2 Å². The lowest BCUT2D eigenvalue weighted by atomic mass is 10.1. The normalized spacial score (nSPS) is 14.1. The first-order valence-electron chi connectivity index (χ1n) is 8.41. The second kappa shape index (κ2) is 6.40. The molecule has 1 aliphatic heterocycles. The van der Waals surface area contributed by atoms with Gasteiger partial charge in [-0.05, 0) is 42.3 Å². The molecule has 1 amide bonds. The molecule has 0 radical (unpaired) electrons. The molecule has 0 aliphatic carbocycles. The third kappa shape index (κ3) is 3.11. The summed E-state index contributed by atoms with van der Waals surface area (Å²) < 4.78 is 0. The van der Waals surface area contributed by atoms with Crippen LogP contribution in [0, 0.1) is 0 Å². The van der Waals surface area contributed by atoms with Gasteiger partial charge in [0, 0.05) is 36.1 Å². The second-order valence-electron chi connectivity index (χ2n) is 6.24. The number of hydrogen-bond donors (Lipinski definition) is 2. The summed E-state index contributed by atoms with van der Waals surface area (Å²) >= 11 is 0. The molecule has 2 N–H and O–H groups in total. The fourth-order valence-electron chi connectivity index (χ4n) is 3.15. The highest BCUT2D eigenvalue weighted by Gasteiger charge is 2.19. The van der Waals surface area contributed by atoms with E-state index in [0.29, 0.717) is 6.54 Å². The lowest BCUT2D eigenvalue weighted by Crippen LogP contribution is -2.31. The Balaban J connectivity index is 1.67. The number of carbonyl (C=O) groups excluding carboxylic acids is 1. The number of carbonyl (C=O) groups is 1. The number of benzene rings is 1. The summed E-state index contributed by atoms with van der Waals surface area (Å²) in [5.41, 5.74) is 6.98. The second-order valence-corrected chi connectivity index (χ2v) is 6.24. The van der Waals surface area contributed by atoms with Gasteiger partial charge in [0.05, 0.1) is 11.3 Å². The predicted molar refractivity (Wildman–Crippen MR) is 100 cm³/mol. The molecule has 3 heterocycles. The fourth-order valence-corrected chi connectivity index (χ4v) is 3.15. The Morgan fingerprint density at radius 3 is 2.80 bits per heavy atom. The van der Waals surface area contributed by atoms with E-state index in [0.717, 1.165) is 40.2 Å². The first kappa shape index (κ1) is 15.4. The van der Waals surface area contributed by atoms with Crippen LogP contribution in [0.4, 0.5) is 0 Å². The van der Waals surface area contributed by atoms with E-state index in [-0.39, 0.29) is 5.91 Å². The van der Waals surface area contributed by atoms with Crippen molar-refractivity contribution in [1.29, 1.82) is 0 Å². The molecule has 0 unspecified atom stereocenters. The Hall–Kier alpha value is -3.14. The van der Waals surface area contributed by atoms with E-state index in [1.807, 2.05) is 36.4 Å². The number of fused-ring (bicyclic) bond motifs is 1. The Bertz CT molecular complexity index is 954. The van der Waals surface area contributed by atoms with Gasteiger partial charge in [-0.3, -0.25) is 9.78 Å². The molecule has 3 aromatic rings. The number of pyridine rings is 1. The van der Waals surface area contributed by atoms with Gasteiger partial charge >= 0.3 is 0 Å². The molecule has 0 atom stereocenters. The third-order valence-electron chi connectivity index (χ3n) is 4.49. The molecular weight excluding hydrogens is 310 g/mol. The molecule has 4 rings (SSSR count). The van der Waals surface area contributed by atoms with Gasteiger partial charge in [-0.15, -0.1) is 0 Å². The third-order valence-corrected chi connectivity index (χ3v) is 4.49. The molecule has 0 spiro atoms. The van der Waals surface area contributed by atoms with Gasteiger partial charge in [-0.1, -0.05) is 30.3 Å². The minimum atomic E-state index is -0.00199. The van der Waals surface area contributed by atoms with Crippen LogP contribution in [0.2, 0.25) is 0 Å². The lowest BCUT2D eigenvalue weighted by molar-refractivity contribution is 0.0946. The molecule has 1 aromatic carbocycles. The van der Waals surface area contributed by atoms with E-state index >= 15 is 0 Å². The summed E-state index contributed by atoms with van der Waals surface area (Å²) in [4.78, 5) is 19.8. The van der Waals surface area contributed by atoms with Crippen molar-refractivity contribution >= 4 is 17.6 Å². The summed E-state index contributed by atoms with van der Waals surface area (Å²) in [6.07, 6.45) is 4.72. The van der Waals surface area contributed by atoms with Crippen molar-refractivity contribution in [2.75, 3.05) is 6.54 Å². The number of amides is 1. The molecule has 0 bridgehead atoms. The van der Waals surface area contributed by atoms with Crippen LogP contribution in [-0.2, 0) is 6.42 Å². The van der Waals surface area contributed by atoms with Crippen LogP contribution in [-0.4, -0.2) is 22.4 Å². The highest BCUT2D eigenvalue weighted by molar-refractivity contribution is 5.97. The minimum Gasteiger partial charge on any atom is -0.358 e. The average molecular weight is 329 g/mol. The number of hydrogen-bond acceptors (Lipinski definition) is 2. The molecule has 0 saturated carbocycles. The van der Waals surface area contributed by atoms with Gasteiger partial charge in [0.15, 0.2) is 0 Å². The molecular formula is C21H19N3O. The average Bonchev–Trinajstić information content (AvgIpc) is 3.08. The van der Waals surface area contributed by atoms with Crippen molar-refractivity contribution in [3.8, 4) is 11.3 Å². The van der Waals surface area contributed by atoms with Crippen LogP contribution in [0.5, 0.6) is 0 Å². The maximum atomic E-state index is 11.9. The van der Waals surface area contributed by atoms with Crippen molar-refractivity contribution in [2.45, 2.75) is 13.3 Å². The highest BCUT2D eigenvalue weighted by atomic mass is 16.1. The smallest absolute Gasteiger partial charge is 0.253 e. The minimum absolute atomic E-state index is 0.00199. The summed E-state index contributed by atoms with van der Waals surface area (Å²) in [5.74, 6) is -0.00199. The number of nitrogens with zero attached hydrogens (tertiary/aromatic N) is 1.